The first-order chi connectivity index (χ1) is 19.3. The predicted molar refractivity (Wildman–Crippen MR) is 153 cm³/mol. The third-order valence-electron chi connectivity index (χ3n) is 6.64. The molecule has 0 bridgehead atoms. The van der Waals surface area contributed by atoms with Crippen molar-refractivity contribution in [2.75, 3.05) is 42.6 Å². The number of halogens is 1. The number of fused-ring (bicyclic) bond motifs is 1. The van der Waals surface area contributed by atoms with Crippen molar-refractivity contribution in [3.05, 3.63) is 66.2 Å². The number of sulfonamides is 1. The zero-order valence-electron chi connectivity index (χ0n) is 22.3. The summed E-state index contributed by atoms with van der Waals surface area (Å²) in [6, 6.07) is 11.9. The Kier molecular flexibility index (Phi) is 8.38. The van der Waals surface area contributed by atoms with Gasteiger partial charge in [-0.15, -0.1) is 0 Å². The fourth-order valence-corrected chi connectivity index (χ4v) is 5.61. The number of nitrogens with one attached hydrogen (secondary N) is 3. The molecule has 0 radical (unpaired) electrons. The van der Waals surface area contributed by atoms with Crippen LogP contribution in [0.4, 0.5) is 16.0 Å². The van der Waals surface area contributed by atoms with E-state index in [1.807, 2.05) is 13.0 Å². The maximum Gasteiger partial charge on any atom is 0.235 e. The van der Waals surface area contributed by atoms with Crippen LogP contribution >= 0.6 is 0 Å². The highest BCUT2D eigenvalue weighted by Gasteiger charge is 2.20. The second-order valence-corrected chi connectivity index (χ2v) is 11.4. The van der Waals surface area contributed by atoms with Crippen LogP contribution in [0.1, 0.15) is 18.4 Å². The van der Waals surface area contributed by atoms with Crippen molar-refractivity contribution in [3.63, 3.8) is 0 Å². The van der Waals surface area contributed by atoms with Gasteiger partial charge in [-0.05, 0) is 62.2 Å². The topological polar surface area (TPSA) is 127 Å². The van der Waals surface area contributed by atoms with Crippen LogP contribution in [-0.4, -0.2) is 62.0 Å². The Labute approximate surface area is 232 Å². The molecule has 0 saturated carbocycles. The second kappa shape index (κ2) is 12.1. The summed E-state index contributed by atoms with van der Waals surface area (Å²) in [5, 5.41) is 7.64. The van der Waals surface area contributed by atoms with Gasteiger partial charge in [-0.1, -0.05) is 12.1 Å². The molecule has 1 aliphatic rings. The molecular weight excluding hydrogens is 535 g/mol. The number of pyridine rings is 1. The third-order valence-corrected chi connectivity index (χ3v) is 7.86. The summed E-state index contributed by atoms with van der Waals surface area (Å²) in [6.07, 6.45) is 5.42. The van der Waals surface area contributed by atoms with Gasteiger partial charge in [0.1, 0.15) is 11.6 Å². The number of methoxy groups -OCH3 is 1. The van der Waals surface area contributed by atoms with Crippen LogP contribution in [0.5, 0.6) is 11.6 Å². The van der Waals surface area contributed by atoms with Crippen LogP contribution in [0.2, 0.25) is 0 Å². The summed E-state index contributed by atoms with van der Waals surface area (Å²) >= 11 is 0. The van der Waals surface area contributed by atoms with Gasteiger partial charge >= 0.3 is 0 Å². The number of aryl methyl sites for hydroxylation is 1. The van der Waals surface area contributed by atoms with E-state index in [9.17, 15) is 12.8 Å². The molecule has 3 N–H and O–H groups in total. The normalized spacial score (nSPS) is 15.6. The number of nitrogens with zero attached hydrogens (tertiary/aromatic N) is 3. The zero-order valence-corrected chi connectivity index (χ0v) is 23.1. The van der Waals surface area contributed by atoms with E-state index >= 15 is 0 Å². The zero-order chi connectivity index (χ0) is 28.1. The van der Waals surface area contributed by atoms with Crippen molar-refractivity contribution < 1.29 is 22.3 Å². The van der Waals surface area contributed by atoms with E-state index in [0.29, 0.717) is 39.6 Å². The molecule has 1 unspecified atom stereocenters. The lowest BCUT2D eigenvalue weighted by molar-refractivity contribution is 0.217. The van der Waals surface area contributed by atoms with Crippen molar-refractivity contribution in [1.29, 1.82) is 0 Å². The molecule has 3 heterocycles. The quantitative estimate of drug-likeness (QED) is 0.255. The SMILES string of the molecule is COCCS(=O)(=O)Nc1c(F)ccc2c(Oc3ncccc3-c3ccnc(NC4CCCNC4)n3)c(C)ccc12. The smallest absolute Gasteiger partial charge is 0.235 e. The van der Waals surface area contributed by atoms with Crippen molar-refractivity contribution >= 4 is 32.4 Å². The van der Waals surface area contributed by atoms with Gasteiger partial charge in [-0.2, -0.15) is 0 Å². The van der Waals surface area contributed by atoms with Crippen LogP contribution in [0.15, 0.2) is 54.9 Å². The van der Waals surface area contributed by atoms with Crippen molar-refractivity contribution in [2.45, 2.75) is 25.8 Å². The molecule has 0 aliphatic carbocycles. The van der Waals surface area contributed by atoms with E-state index in [-0.39, 0.29) is 24.1 Å². The molecule has 0 amide bonds. The molecule has 1 fully saturated rings. The number of piperidine rings is 1. The molecule has 0 spiro atoms. The lowest BCUT2D eigenvalue weighted by Crippen LogP contribution is -2.38. The minimum atomic E-state index is -3.84. The summed E-state index contributed by atoms with van der Waals surface area (Å²) in [7, 11) is -2.44. The van der Waals surface area contributed by atoms with Gasteiger partial charge in [0.05, 0.1) is 29.3 Å². The summed E-state index contributed by atoms with van der Waals surface area (Å²) in [4.78, 5) is 13.6. The highest BCUT2D eigenvalue weighted by Crippen LogP contribution is 2.39. The summed E-state index contributed by atoms with van der Waals surface area (Å²) in [6.45, 7) is 3.70. The van der Waals surface area contributed by atoms with Crippen LogP contribution in [0.25, 0.3) is 22.0 Å². The Bertz CT molecular complexity index is 1610. The number of aromatic nitrogens is 3. The Morgan fingerprint density at radius 1 is 1.10 bits per heavy atom. The van der Waals surface area contributed by atoms with Gasteiger partial charge in [-0.25, -0.2) is 27.8 Å². The fraction of sp³-hybridized carbons (Fsp3) is 0.321. The summed E-state index contributed by atoms with van der Waals surface area (Å²) in [5.74, 6) is 0.238. The molecule has 210 valence electrons. The monoisotopic (exact) mass is 566 g/mol. The number of anilines is 2. The van der Waals surface area contributed by atoms with E-state index in [0.717, 1.165) is 31.5 Å². The molecule has 2 aromatic carbocycles. The Hall–Kier alpha value is -3.87. The van der Waals surface area contributed by atoms with Crippen LogP contribution in [-0.2, 0) is 14.8 Å². The van der Waals surface area contributed by atoms with Crippen LogP contribution < -0.4 is 20.1 Å². The van der Waals surface area contributed by atoms with Crippen molar-refractivity contribution in [3.8, 4) is 22.9 Å². The first-order valence-electron chi connectivity index (χ1n) is 13.0. The molecule has 5 rings (SSSR count). The van der Waals surface area contributed by atoms with E-state index in [1.54, 1.807) is 42.7 Å². The summed E-state index contributed by atoms with van der Waals surface area (Å²) < 4.78 is 53.6. The lowest BCUT2D eigenvalue weighted by Gasteiger charge is -2.23. The lowest BCUT2D eigenvalue weighted by atomic mass is 10.0. The van der Waals surface area contributed by atoms with Gasteiger partial charge in [0.2, 0.25) is 21.9 Å². The molecular formula is C28H31FN6O4S. The molecule has 1 saturated heterocycles. The third kappa shape index (κ3) is 6.30. The fourth-order valence-electron chi connectivity index (χ4n) is 4.60. The average molecular weight is 567 g/mol. The maximum atomic E-state index is 14.9. The van der Waals surface area contributed by atoms with Crippen molar-refractivity contribution in [1.82, 2.24) is 20.3 Å². The Balaban J connectivity index is 1.49. The van der Waals surface area contributed by atoms with Gasteiger partial charge in [0, 0.05) is 42.9 Å². The molecule has 40 heavy (non-hydrogen) atoms. The highest BCUT2D eigenvalue weighted by molar-refractivity contribution is 7.92. The number of ether oxygens (including phenoxy) is 2. The molecule has 10 nitrogen and oxygen atoms in total. The van der Waals surface area contributed by atoms with E-state index in [2.05, 4.69) is 25.3 Å². The number of hydrogen-bond donors (Lipinski definition) is 3. The molecule has 1 atom stereocenters. The highest BCUT2D eigenvalue weighted by atomic mass is 32.2. The van der Waals surface area contributed by atoms with Crippen LogP contribution in [0.3, 0.4) is 0 Å². The van der Waals surface area contributed by atoms with E-state index in [1.165, 1.54) is 13.2 Å². The largest absolute Gasteiger partial charge is 0.437 e. The molecule has 2 aromatic heterocycles. The van der Waals surface area contributed by atoms with Crippen molar-refractivity contribution in [2.24, 2.45) is 0 Å². The maximum absolute atomic E-state index is 14.9. The minimum Gasteiger partial charge on any atom is -0.437 e. The number of benzene rings is 2. The first kappa shape index (κ1) is 27.7. The van der Waals surface area contributed by atoms with E-state index in [4.69, 9.17) is 14.5 Å². The number of rotatable bonds is 10. The standard InChI is InChI=1S/C28H31FN6O4S/c1-18-7-8-20-21(9-10-23(29)25(20)35-40(36,37)16-15-38-2)26(18)39-27-22(6-4-13-31-27)24-11-14-32-28(34-24)33-19-5-3-12-30-17-19/h4,6-11,13-14,19,30,35H,3,5,12,15-17H2,1-2H3,(H,32,33,34). The van der Waals surface area contributed by atoms with Gasteiger partial charge < -0.3 is 20.1 Å². The Morgan fingerprint density at radius 3 is 2.75 bits per heavy atom. The minimum absolute atomic E-state index is 0.0184. The first-order valence-corrected chi connectivity index (χ1v) is 14.6. The average Bonchev–Trinajstić information content (AvgIpc) is 2.96. The molecule has 1 aliphatic heterocycles. The van der Waals surface area contributed by atoms with Gasteiger partial charge in [0.25, 0.3) is 0 Å². The van der Waals surface area contributed by atoms with Gasteiger partial charge in [-0.3, -0.25) is 4.72 Å². The number of hydrogen-bond acceptors (Lipinski definition) is 9. The summed E-state index contributed by atoms with van der Waals surface area (Å²) in [5.41, 5.74) is 1.88. The van der Waals surface area contributed by atoms with Crippen LogP contribution in [0, 0.1) is 12.7 Å². The Morgan fingerprint density at radius 2 is 1.95 bits per heavy atom. The van der Waals surface area contributed by atoms with Gasteiger partial charge in [0.15, 0.2) is 0 Å². The predicted octanol–water partition coefficient (Wildman–Crippen LogP) is 4.48. The van der Waals surface area contributed by atoms with E-state index < -0.39 is 15.8 Å². The second-order valence-electron chi connectivity index (χ2n) is 9.55. The molecule has 4 aromatic rings. The molecule has 12 heteroatoms.